The number of nitrogens with two attached hydrogens (primary N) is 1. The van der Waals surface area contributed by atoms with Crippen molar-refractivity contribution < 1.29 is 19.4 Å². The maximum absolute atomic E-state index is 11.7. The lowest BCUT2D eigenvalue weighted by molar-refractivity contribution is 0.0524. The summed E-state index contributed by atoms with van der Waals surface area (Å²) < 4.78 is 10.2. The van der Waals surface area contributed by atoms with Crippen molar-refractivity contribution in [2.45, 2.75) is 32.3 Å². The third-order valence-corrected chi connectivity index (χ3v) is 3.12. The van der Waals surface area contributed by atoms with E-state index >= 15 is 0 Å². The van der Waals surface area contributed by atoms with Crippen LogP contribution in [0.1, 0.15) is 32.3 Å². The van der Waals surface area contributed by atoms with Crippen LogP contribution in [-0.2, 0) is 4.74 Å². The van der Waals surface area contributed by atoms with Crippen molar-refractivity contribution in [1.29, 1.82) is 0 Å². The van der Waals surface area contributed by atoms with E-state index in [0.717, 1.165) is 0 Å². The Morgan fingerprint density at radius 2 is 2.09 bits per heavy atom. The SMILES string of the molecule is COc1cc(Cl)cc(C(CN)CNC(=O)OC(C)(C)C)c1O. The first-order valence-corrected chi connectivity index (χ1v) is 7.29. The Bertz CT molecular complexity index is 529. The average Bonchev–Trinajstić information content (AvgIpc) is 2.40. The van der Waals surface area contributed by atoms with Gasteiger partial charge in [0.25, 0.3) is 0 Å². The molecular weight excluding hydrogens is 308 g/mol. The molecule has 22 heavy (non-hydrogen) atoms. The monoisotopic (exact) mass is 330 g/mol. The normalized spacial score (nSPS) is 12.6. The average molecular weight is 331 g/mol. The Labute approximate surface area is 135 Å². The highest BCUT2D eigenvalue weighted by atomic mass is 35.5. The number of rotatable bonds is 5. The molecule has 0 aliphatic carbocycles. The minimum atomic E-state index is -0.580. The van der Waals surface area contributed by atoms with Crippen LogP contribution in [0.4, 0.5) is 4.79 Å². The van der Waals surface area contributed by atoms with Gasteiger partial charge in [-0.15, -0.1) is 0 Å². The van der Waals surface area contributed by atoms with Crippen LogP contribution in [0.5, 0.6) is 11.5 Å². The number of amides is 1. The maximum Gasteiger partial charge on any atom is 0.407 e. The van der Waals surface area contributed by atoms with E-state index in [9.17, 15) is 9.90 Å². The predicted octanol–water partition coefficient (Wildman–Crippen LogP) is 2.62. The molecule has 0 spiro atoms. The van der Waals surface area contributed by atoms with Gasteiger partial charge in [0, 0.05) is 35.7 Å². The van der Waals surface area contributed by atoms with Crippen LogP contribution in [0.15, 0.2) is 12.1 Å². The molecule has 0 saturated heterocycles. The van der Waals surface area contributed by atoms with Crippen molar-refractivity contribution in [1.82, 2.24) is 5.32 Å². The van der Waals surface area contributed by atoms with Crippen molar-refractivity contribution in [2.75, 3.05) is 20.2 Å². The molecule has 0 saturated carbocycles. The number of hydrogen-bond acceptors (Lipinski definition) is 5. The maximum atomic E-state index is 11.7. The van der Waals surface area contributed by atoms with Gasteiger partial charge in [0.2, 0.25) is 0 Å². The largest absolute Gasteiger partial charge is 0.504 e. The topological polar surface area (TPSA) is 93.8 Å². The quantitative estimate of drug-likeness (QED) is 0.771. The smallest absolute Gasteiger partial charge is 0.407 e. The first kappa shape index (κ1) is 18.4. The van der Waals surface area contributed by atoms with Gasteiger partial charge in [-0.2, -0.15) is 0 Å². The molecule has 7 heteroatoms. The van der Waals surface area contributed by atoms with E-state index in [2.05, 4.69) is 5.32 Å². The fraction of sp³-hybridized carbons (Fsp3) is 0.533. The molecule has 1 rings (SSSR count). The molecule has 0 radical (unpaired) electrons. The van der Waals surface area contributed by atoms with Crippen LogP contribution in [0.25, 0.3) is 0 Å². The van der Waals surface area contributed by atoms with Crippen LogP contribution >= 0.6 is 11.6 Å². The van der Waals surface area contributed by atoms with Crippen LogP contribution in [-0.4, -0.2) is 37.0 Å². The van der Waals surface area contributed by atoms with Gasteiger partial charge in [0.1, 0.15) is 5.60 Å². The predicted molar refractivity (Wildman–Crippen MR) is 85.7 cm³/mol. The van der Waals surface area contributed by atoms with Crippen LogP contribution < -0.4 is 15.8 Å². The van der Waals surface area contributed by atoms with Crippen LogP contribution in [0.2, 0.25) is 5.02 Å². The molecule has 0 aliphatic heterocycles. The number of alkyl carbamates (subject to hydrolysis) is 1. The molecule has 1 unspecified atom stereocenters. The second-order valence-corrected chi connectivity index (χ2v) is 6.30. The molecule has 4 N–H and O–H groups in total. The summed E-state index contributed by atoms with van der Waals surface area (Å²) in [5.41, 5.74) is 5.68. The summed E-state index contributed by atoms with van der Waals surface area (Å²) >= 11 is 6.01. The van der Waals surface area contributed by atoms with E-state index in [-0.39, 0.29) is 30.5 Å². The molecule has 0 bridgehead atoms. The zero-order valence-electron chi connectivity index (χ0n) is 13.3. The number of ether oxygens (including phenoxy) is 2. The Balaban J connectivity index is 2.85. The summed E-state index contributed by atoms with van der Waals surface area (Å²) in [4.78, 5) is 11.7. The first-order valence-electron chi connectivity index (χ1n) is 6.91. The Kier molecular flexibility index (Phi) is 6.32. The zero-order valence-corrected chi connectivity index (χ0v) is 14.0. The Morgan fingerprint density at radius 3 is 2.59 bits per heavy atom. The van der Waals surface area contributed by atoms with Gasteiger partial charge in [-0.05, 0) is 26.8 Å². The fourth-order valence-electron chi connectivity index (χ4n) is 1.90. The number of methoxy groups -OCH3 is 1. The molecule has 0 heterocycles. The van der Waals surface area contributed by atoms with Gasteiger partial charge in [0.15, 0.2) is 11.5 Å². The molecule has 1 amide bonds. The second kappa shape index (κ2) is 7.56. The number of halogens is 1. The molecule has 124 valence electrons. The van der Waals surface area contributed by atoms with Crippen LogP contribution in [0.3, 0.4) is 0 Å². The summed E-state index contributed by atoms with van der Waals surface area (Å²) in [7, 11) is 1.44. The van der Waals surface area contributed by atoms with Gasteiger partial charge in [-0.25, -0.2) is 4.79 Å². The third kappa shape index (κ3) is 5.27. The Morgan fingerprint density at radius 1 is 1.45 bits per heavy atom. The lowest BCUT2D eigenvalue weighted by atomic mass is 9.97. The van der Waals surface area contributed by atoms with Gasteiger partial charge >= 0.3 is 6.09 Å². The summed E-state index contributed by atoms with van der Waals surface area (Å²) in [5, 5.41) is 13.2. The molecule has 1 atom stereocenters. The van der Waals surface area contributed by atoms with E-state index in [4.69, 9.17) is 26.8 Å². The number of carbonyl (C=O) groups excluding carboxylic acids is 1. The molecule has 0 aromatic heterocycles. The minimum Gasteiger partial charge on any atom is -0.504 e. The number of carbonyl (C=O) groups is 1. The van der Waals surface area contributed by atoms with Crippen molar-refractivity contribution >= 4 is 17.7 Å². The lowest BCUT2D eigenvalue weighted by Gasteiger charge is -2.22. The van der Waals surface area contributed by atoms with Gasteiger partial charge in [-0.1, -0.05) is 11.6 Å². The molecule has 0 aliphatic rings. The number of phenols is 1. The second-order valence-electron chi connectivity index (χ2n) is 5.86. The molecule has 0 fully saturated rings. The van der Waals surface area contributed by atoms with Crippen LogP contribution in [0, 0.1) is 0 Å². The minimum absolute atomic E-state index is 0.0339. The molecule has 1 aromatic rings. The van der Waals surface area contributed by atoms with Crippen molar-refractivity contribution in [2.24, 2.45) is 5.73 Å². The summed E-state index contributed by atoms with van der Waals surface area (Å²) in [6.45, 7) is 5.76. The van der Waals surface area contributed by atoms with Crippen molar-refractivity contribution in [3.63, 3.8) is 0 Å². The number of benzene rings is 1. The molecule has 1 aromatic carbocycles. The van der Waals surface area contributed by atoms with E-state index in [1.54, 1.807) is 26.8 Å². The summed E-state index contributed by atoms with van der Waals surface area (Å²) in [6, 6.07) is 3.11. The van der Waals surface area contributed by atoms with E-state index in [1.165, 1.54) is 13.2 Å². The number of aromatic hydroxyl groups is 1. The molecular formula is C15H23ClN2O4. The van der Waals surface area contributed by atoms with Gasteiger partial charge in [-0.3, -0.25) is 0 Å². The standard InChI is InChI=1S/C15H23ClN2O4/c1-15(2,3)22-14(20)18-8-9(7-17)11-5-10(16)6-12(21-4)13(11)19/h5-6,9,19H,7-8,17H2,1-4H3,(H,18,20). The van der Waals surface area contributed by atoms with Gasteiger partial charge in [0.05, 0.1) is 7.11 Å². The highest BCUT2D eigenvalue weighted by Crippen LogP contribution is 2.37. The summed E-state index contributed by atoms with van der Waals surface area (Å²) in [6.07, 6.45) is -0.542. The van der Waals surface area contributed by atoms with Gasteiger partial charge < -0.3 is 25.6 Å². The van der Waals surface area contributed by atoms with E-state index < -0.39 is 11.7 Å². The fourth-order valence-corrected chi connectivity index (χ4v) is 2.12. The first-order chi connectivity index (χ1) is 10.2. The Hall–Kier alpha value is -1.66. The highest BCUT2D eigenvalue weighted by Gasteiger charge is 2.21. The zero-order chi connectivity index (χ0) is 16.9. The lowest BCUT2D eigenvalue weighted by Crippen LogP contribution is -2.36. The van der Waals surface area contributed by atoms with E-state index in [0.29, 0.717) is 10.6 Å². The highest BCUT2D eigenvalue weighted by molar-refractivity contribution is 6.30. The van der Waals surface area contributed by atoms with E-state index in [1.807, 2.05) is 0 Å². The molecule has 6 nitrogen and oxygen atoms in total. The summed E-state index contributed by atoms with van der Waals surface area (Å²) in [5.74, 6) is -0.0910. The number of phenolic OH excluding ortho intramolecular Hbond substituents is 1. The number of hydrogen-bond donors (Lipinski definition) is 3. The van der Waals surface area contributed by atoms with Crippen molar-refractivity contribution in [3.8, 4) is 11.5 Å². The third-order valence-electron chi connectivity index (χ3n) is 2.91. The number of nitrogens with one attached hydrogen (secondary N) is 1. The van der Waals surface area contributed by atoms with Crippen molar-refractivity contribution in [3.05, 3.63) is 22.7 Å².